The van der Waals surface area contributed by atoms with Crippen LogP contribution in [0.1, 0.15) is 42.9 Å². The summed E-state index contributed by atoms with van der Waals surface area (Å²) in [4.78, 5) is 11.4. The van der Waals surface area contributed by atoms with Gasteiger partial charge in [-0.3, -0.25) is 0 Å². The van der Waals surface area contributed by atoms with Crippen LogP contribution in [0.4, 0.5) is 0 Å². The van der Waals surface area contributed by atoms with Crippen molar-refractivity contribution in [3.63, 3.8) is 0 Å². The van der Waals surface area contributed by atoms with E-state index < -0.39 is 17.7 Å². The second kappa shape index (κ2) is 5.08. The molecule has 1 atom stereocenters. The highest BCUT2D eigenvalue weighted by atomic mass is 16.5. The Kier molecular flexibility index (Phi) is 3.68. The summed E-state index contributed by atoms with van der Waals surface area (Å²) in [5.74, 6) is -0.705. The standard InChI is InChI=1S/C14H18O4/c1-18-13(16)12(15)10-6-2-3-7-11(10)14(17)8-4-5-9-14/h2-3,6-7,12,15,17H,4-5,8-9H2,1H3. The zero-order chi connectivity index (χ0) is 13.2. The molecule has 1 unspecified atom stereocenters. The smallest absolute Gasteiger partial charge is 0.339 e. The molecular weight excluding hydrogens is 232 g/mol. The minimum atomic E-state index is -1.34. The maximum Gasteiger partial charge on any atom is 0.339 e. The molecule has 1 fully saturated rings. The molecule has 4 nitrogen and oxygen atoms in total. The average Bonchev–Trinajstić information content (AvgIpc) is 2.85. The van der Waals surface area contributed by atoms with Gasteiger partial charge in [-0.15, -0.1) is 0 Å². The number of aliphatic hydroxyl groups is 2. The summed E-state index contributed by atoms with van der Waals surface area (Å²) in [6.45, 7) is 0. The molecule has 0 radical (unpaired) electrons. The molecule has 1 saturated carbocycles. The third-order valence-corrected chi connectivity index (χ3v) is 3.61. The molecule has 18 heavy (non-hydrogen) atoms. The fraction of sp³-hybridized carbons (Fsp3) is 0.500. The van der Waals surface area contributed by atoms with Crippen LogP contribution >= 0.6 is 0 Å². The van der Waals surface area contributed by atoms with Crippen molar-refractivity contribution in [2.24, 2.45) is 0 Å². The van der Waals surface area contributed by atoms with E-state index in [9.17, 15) is 15.0 Å². The summed E-state index contributed by atoms with van der Waals surface area (Å²) >= 11 is 0. The predicted molar refractivity (Wildman–Crippen MR) is 65.8 cm³/mol. The molecule has 0 aromatic heterocycles. The highest BCUT2D eigenvalue weighted by molar-refractivity contribution is 5.76. The Bertz CT molecular complexity index is 435. The topological polar surface area (TPSA) is 66.8 Å². The molecule has 4 heteroatoms. The first-order valence-corrected chi connectivity index (χ1v) is 6.16. The Morgan fingerprint density at radius 1 is 1.33 bits per heavy atom. The summed E-state index contributed by atoms with van der Waals surface area (Å²) in [5, 5.41) is 20.5. The van der Waals surface area contributed by atoms with Crippen LogP contribution in [0.2, 0.25) is 0 Å². The van der Waals surface area contributed by atoms with E-state index in [1.165, 1.54) is 7.11 Å². The van der Waals surface area contributed by atoms with E-state index in [-0.39, 0.29) is 0 Å². The summed E-state index contributed by atoms with van der Waals surface area (Å²) in [5.41, 5.74) is 0.153. The van der Waals surface area contributed by atoms with E-state index in [4.69, 9.17) is 0 Å². The van der Waals surface area contributed by atoms with E-state index in [0.717, 1.165) is 12.8 Å². The van der Waals surface area contributed by atoms with Gasteiger partial charge in [0.25, 0.3) is 0 Å². The maximum atomic E-state index is 11.4. The van der Waals surface area contributed by atoms with Crippen LogP contribution in [0, 0.1) is 0 Å². The number of carbonyl (C=O) groups is 1. The van der Waals surface area contributed by atoms with Crippen LogP contribution in [0.3, 0.4) is 0 Å². The highest BCUT2D eigenvalue weighted by Gasteiger charge is 2.36. The Morgan fingerprint density at radius 3 is 2.56 bits per heavy atom. The van der Waals surface area contributed by atoms with Crippen LogP contribution in [0.25, 0.3) is 0 Å². The number of hydrogen-bond acceptors (Lipinski definition) is 4. The van der Waals surface area contributed by atoms with Crippen LogP contribution in [-0.4, -0.2) is 23.3 Å². The minimum Gasteiger partial charge on any atom is -0.467 e. The lowest BCUT2D eigenvalue weighted by atomic mass is 9.86. The fourth-order valence-corrected chi connectivity index (χ4v) is 2.63. The van der Waals surface area contributed by atoms with Crippen molar-refractivity contribution >= 4 is 5.97 Å². The van der Waals surface area contributed by atoms with E-state index in [2.05, 4.69) is 4.74 Å². The Labute approximate surface area is 106 Å². The molecule has 0 heterocycles. The molecule has 2 N–H and O–H groups in total. The van der Waals surface area contributed by atoms with Crippen molar-refractivity contribution in [1.29, 1.82) is 0 Å². The maximum absolute atomic E-state index is 11.4. The van der Waals surface area contributed by atoms with E-state index in [0.29, 0.717) is 24.0 Å². The Hall–Kier alpha value is -1.39. The summed E-state index contributed by atoms with van der Waals surface area (Å²) in [7, 11) is 1.23. The molecule has 98 valence electrons. The van der Waals surface area contributed by atoms with Gasteiger partial charge in [-0.05, 0) is 24.0 Å². The van der Waals surface area contributed by atoms with Crippen molar-refractivity contribution < 1.29 is 19.7 Å². The van der Waals surface area contributed by atoms with Gasteiger partial charge in [0.2, 0.25) is 0 Å². The van der Waals surface area contributed by atoms with Gasteiger partial charge in [-0.2, -0.15) is 0 Å². The summed E-state index contributed by atoms with van der Waals surface area (Å²) in [6.07, 6.45) is 1.91. The Morgan fingerprint density at radius 2 is 1.94 bits per heavy atom. The van der Waals surface area contributed by atoms with Gasteiger partial charge < -0.3 is 14.9 Å². The lowest BCUT2D eigenvalue weighted by Gasteiger charge is -2.26. The lowest BCUT2D eigenvalue weighted by molar-refractivity contribution is -0.150. The minimum absolute atomic E-state index is 0.439. The van der Waals surface area contributed by atoms with E-state index in [1.807, 2.05) is 0 Å². The SMILES string of the molecule is COC(=O)C(O)c1ccccc1C1(O)CCCC1. The molecular formula is C14H18O4. The van der Waals surface area contributed by atoms with Crippen LogP contribution in [-0.2, 0) is 15.1 Å². The van der Waals surface area contributed by atoms with Crippen molar-refractivity contribution in [2.45, 2.75) is 37.4 Å². The number of rotatable bonds is 3. The summed E-state index contributed by atoms with van der Waals surface area (Å²) in [6, 6.07) is 6.97. The van der Waals surface area contributed by atoms with Crippen molar-refractivity contribution in [3.05, 3.63) is 35.4 Å². The molecule has 1 aromatic carbocycles. The van der Waals surface area contributed by atoms with Crippen molar-refractivity contribution in [1.82, 2.24) is 0 Å². The molecule has 0 aliphatic heterocycles. The van der Waals surface area contributed by atoms with Gasteiger partial charge in [0, 0.05) is 0 Å². The molecule has 1 aliphatic carbocycles. The van der Waals surface area contributed by atoms with E-state index >= 15 is 0 Å². The highest BCUT2D eigenvalue weighted by Crippen LogP contribution is 2.41. The first-order chi connectivity index (χ1) is 8.58. The van der Waals surface area contributed by atoms with Crippen LogP contribution in [0.15, 0.2) is 24.3 Å². The molecule has 0 amide bonds. The average molecular weight is 250 g/mol. The van der Waals surface area contributed by atoms with Crippen molar-refractivity contribution in [2.75, 3.05) is 7.11 Å². The molecule has 1 aromatic rings. The molecule has 0 saturated heterocycles. The first kappa shape index (κ1) is 13.1. The fourth-order valence-electron chi connectivity index (χ4n) is 2.63. The van der Waals surface area contributed by atoms with Crippen LogP contribution in [0.5, 0.6) is 0 Å². The molecule has 1 aliphatic rings. The first-order valence-electron chi connectivity index (χ1n) is 6.16. The zero-order valence-corrected chi connectivity index (χ0v) is 10.4. The van der Waals surface area contributed by atoms with Gasteiger partial charge in [0.05, 0.1) is 12.7 Å². The summed E-state index contributed by atoms with van der Waals surface area (Å²) < 4.78 is 4.55. The van der Waals surface area contributed by atoms with Gasteiger partial charge in [0.15, 0.2) is 6.10 Å². The zero-order valence-electron chi connectivity index (χ0n) is 10.4. The largest absolute Gasteiger partial charge is 0.467 e. The van der Waals surface area contributed by atoms with Gasteiger partial charge in [-0.25, -0.2) is 4.79 Å². The number of esters is 1. The quantitative estimate of drug-likeness (QED) is 0.801. The second-order valence-corrected chi connectivity index (χ2v) is 4.75. The lowest BCUT2D eigenvalue weighted by Crippen LogP contribution is -2.25. The monoisotopic (exact) mass is 250 g/mol. The number of methoxy groups -OCH3 is 1. The normalized spacial score (nSPS) is 19.5. The molecule has 0 spiro atoms. The van der Waals surface area contributed by atoms with E-state index in [1.54, 1.807) is 24.3 Å². The molecule has 0 bridgehead atoms. The molecule has 2 rings (SSSR count). The number of carbonyl (C=O) groups excluding carboxylic acids is 1. The third-order valence-electron chi connectivity index (χ3n) is 3.61. The van der Waals surface area contributed by atoms with Gasteiger partial charge in [-0.1, -0.05) is 37.1 Å². The number of aliphatic hydroxyl groups excluding tert-OH is 1. The number of ether oxygens (including phenoxy) is 1. The number of hydrogen-bond donors (Lipinski definition) is 2. The number of benzene rings is 1. The second-order valence-electron chi connectivity index (χ2n) is 4.75. The van der Waals surface area contributed by atoms with Gasteiger partial charge in [0.1, 0.15) is 0 Å². The third kappa shape index (κ3) is 2.26. The Balaban J connectivity index is 2.39. The van der Waals surface area contributed by atoms with Gasteiger partial charge >= 0.3 is 5.97 Å². The predicted octanol–water partition coefficient (Wildman–Crippen LogP) is 1.65. The van der Waals surface area contributed by atoms with Crippen LogP contribution < -0.4 is 0 Å². The van der Waals surface area contributed by atoms with Crippen molar-refractivity contribution in [3.8, 4) is 0 Å².